The van der Waals surface area contributed by atoms with Gasteiger partial charge in [0.15, 0.2) is 0 Å². The van der Waals surface area contributed by atoms with E-state index >= 15 is 0 Å². The first-order valence-electron chi connectivity index (χ1n) is 4.80. The second-order valence-electron chi connectivity index (χ2n) is 3.71. The van der Waals surface area contributed by atoms with Crippen LogP contribution in [0.4, 0.5) is 0 Å². The van der Waals surface area contributed by atoms with Crippen LogP contribution in [0.1, 0.15) is 10.4 Å². The zero-order valence-electron chi connectivity index (χ0n) is 8.13. The van der Waals surface area contributed by atoms with Crippen molar-refractivity contribution < 1.29 is 0 Å². The summed E-state index contributed by atoms with van der Waals surface area (Å²) in [5.41, 5.74) is 2.61. The van der Waals surface area contributed by atoms with Gasteiger partial charge in [0.2, 0.25) is 0 Å². The first-order chi connectivity index (χ1) is 6.79. The molecule has 0 fully saturated rings. The molecule has 0 amide bonds. The molecule has 2 heterocycles. The largest absolute Gasteiger partial charge is 0.295 e. The summed E-state index contributed by atoms with van der Waals surface area (Å²) in [4.78, 5) is 3.97. The summed E-state index contributed by atoms with van der Waals surface area (Å²) in [6.45, 7) is 7.09. The van der Waals surface area contributed by atoms with Gasteiger partial charge in [0.25, 0.3) is 0 Å². The molecule has 76 valence electrons. The zero-order valence-corrected chi connectivity index (χ0v) is 9.70. The molecule has 1 aliphatic heterocycles. The van der Waals surface area contributed by atoms with Crippen molar-refractivity contribution >= 4 is 22.9 Å². The molecular formula is C11H14ClNS. The molecule has 1 aliphatic rings. The monoisotopic (exact) mass is 227 g/mol. The Balaban J connectivity index is 1.97. The van der Waals surface area contributed by atoms with Crippen LogP contribution in [0.15, 0.2) is 23.6 Å². The molecule has 1 aromatic heterocycles. The normalized spacial score (nSPS) is 16.6. The molecule has 2 rings (SSSR count). The quantitative estimate of drug-likeness (QED) is 0.567. The van der Waals surface area contributed by atoms with E-state index in [0.717, 1.165) is 25.2 Å². The molecule has 0 unspecified atom stereocenters. The molecular weight excluding hydrogens is 214 g/mol. The van der Waals surface area contributed by atoms with Crippen LogP contribution in [0.5, 0.6) is 0 Å². The van der Waals surface area contributed by atoms with Gasteiger partial charge in [-0.1, -0.05) is 6.58 Å². The van der Waals surface area contributed by atoms with Gasteiger partial charge in [0.1, 0.15) is 0 Å². The number of rotatable bonds is 3. The second-order valence-corrected chi connectivity index (χ2v) is 4.98. The summed E-state index contributed by atoms with van der Waals surface area (Å²) in [6.07, 6.45) is 1.18. The van der Waals surface area contributed by atoms with Gasteiger partial charge in [0, 0.05) is 30.4 Å². The lowest BCUT2D eigenvalue weighted by Crippen LogP contribution is -2.31. The van der Waals surface area contributed by atoms with Crippen molar-refractivity contribution in [2.45, 2.75) is 13.0 Å². The van der Waals surface area contributed by atoms with Crippen molar-refractivity contribution in [2.24, 2.45) is 0 Å². The van der Waals surface area contributed by atoms with Crippen molar-refractivity contribution in [3.05, 3.63) is 34.0 Å². The highest BCUT2D eigenvalue weighted by Gasteiger charge is 2.16. The van der Waals surface area contributed by atoms with E-state index in [9.17, 15) is 0 Å². The van der Waals surface area contributed by atoms with E-state index in [1.807, 2.05) is 11.3 Å². The molecule has 0 spiro atoms. The molecule has 1 nitrogen and oxygen atoms in total. The van der Waals surface area contributed by atoms with Gasteiger partial charge in [-0.15, -0.1) is 22.9 Å². The summed E-state index contributed by atoms with van der Waals surface area (Å²) in [6, 6.07) is 2.23. The zero-order chi connectivity index (χ0) is 9.97. The van der Waals surface area contributed by atoms with Crippen LogP contribution in [0.25, 0.3) is 0 Å². The summed E-state index contributed by atoms with van der Waals surface area (Å²) in [7, 11) is 0. The van der Waals surface area contributed by atoms with Crippen LogP contribution in [0.2, 0.25) is 0 Å². The van der Waals surface area contributed by atoms with Crippen molar-refractivity contribution in [1.82, 2.24) is 4.90 Å². The summed E-state index contributed by atoms with van der Waals surface area (Å²) in [5, 5.41) is 2.19. The Morgan fingerprint density at radius 3 is 3.29 bits per heavy atom. The Hall–Kier alpha value is -0.310. The SMILES string of the molecule is C=C(CCl)CN1CCc2sccc2C1. The highest BCUT2D eigenvalue weighted by Crippen LogP contribution is 2.24. The van der Waals surface area contributed by atoms with E-state index in [-0.39, 0.29) is 0 Å². The van der Waals surface area contributed by atoms with E-state index in [4.69, 9.17) is 11.6 Å². The van der Waals surface area contributed by atoms with E-state index in [1.165, 1.54) is 12.0 Å². The first-order valence-corrected chi connectivity index (χ1v) is 6.21. The van der Waals surface area contributed by atoms with Gasteiger partial charge in [-0.05, 0) is 29.0 Å². The molecule has 0 radical (unpaired) electrons. The Morgan fingerprint density at radius 2 is 2.50 bits per heavy atom. The average molecular weight is 228 g/mol. The topological polar surface area (TPSA) is 3.24 Å². The number of thiophene rings is 1. The van der Waals surface area contributed by atoms with Gasteiger partial charge in [0.05, 0.1) is 0 Å². The highest BCUT2D eigenvalue weighted by atomic mass is 35.5. The lowest BCUT2D eigenvalue weighted by Gasteiger charge is -2.27. The van der Waals surface area contributed by atoms with E-state index in [0.29, 0.717) is 5.88 Å². The van der Waals surface area contributed by atoms with Gasteiger partial charge in [-0.25, -0.2) is 0 Å². The Labute approximate surface area is 94.0 Å². The van der Waals surface area contributed by atoms with Gasteiger partial charge in [-0.2, -0.15) is 0 Å². The van der Waals surface area contributed by atoms with Crippen LogP contribution in [0.3, 0.4) is 0 Å². The standard InChI is InChI=1S/C11H14ClNS/c1-9(6-12)7-13-4-2-11-10(8-13)3-5-14-11/h3,5H,1-2,4,6-8H2. The number of hydrogen-bond acceptors (Lipinski definition) is 2. The third-order valence-corrected chi connectivity index (χ3v) is 3.92. The minimum absolute atomic E-state index is 0.576. The fourth-order valence-electron chi connectivity index (χ4n) is 1.80. The van der Waals surface area contributed by atoms with Gasteiger partial charge in [-0.3, -0.25) is 4.90 Å². The number of alkyl halides is 1. The molecule has 0 saturated carbocycles. The third-order valence-electron chi connectivity index (χ3n) is 2.52. The molecule has 14 heavy (non-hydrogen) atoms. The van der Waals surface area contributed by atoms with Crippen molar-refractivity contribution in [3.63, 3.8) is 0 Å². The van der Waals surface area contributed by atoms with Crippen LogP contribution in [-0.4, -0.2) is 23.9 Å². The third kappa shape index (κ3) is 2.19. The lowest BCUT2D eigenvalue weighted by atomic mass is 10.1. The summed E-state index contributed by atoms with van der Waals surface area (Å²) < 4.78 is 0. The average Bonchev–Trinajstić information content (AvgIpc) is 2.64. The van der Waals surface area contributed by atoms with E-state index in [1.54, 1.807) is 4.88 Å². The molecule has 0 N–H and O–H groups in total. The fourth-order valence-corrected chi connectivity index (χ4v) is 2.77. The van der Waals surface area contributed by atoms with Gasteiger partial charge < -0.3 is 0 Å². The maximum Gasteiger partial charge on any atom is 0.0443 e. The van der Waals surface area contributed by atoms with E-state index < -0.39 is 0 Å². The molecule has 0 atom stereocenters. The predicted octanol–water partition coefficient (Wildman–Crippen LogP) is 2.90. The van der Waals surface area contributed by atoms with Crippen LogP contribution in [0, 0.1) is 0 Å². The second kappa shape index (κ2) is 4.47. The highest BCUT2D eigenvalue weighted by molar-refractivity contribution is 7.10. The smallest absolute Gasteiger partial charge is 0.0443 e. The molecule has 0 saturated heterocycles. The Bertz CT molecular complexity index is 332. The molecule has 0 bridgehead atoms. The molecule has 1 aromatic rings. The van der Waals surface area contributed by atoms with Crippen molar-refractivity contribution in [2.75, 3.05) is 19.0 Å². The fraction of sp³-hybridized carbons (Fsp3) is 0.455. The maximum absolute atomic E-state index is 5.73. The lowest BCUT2D eigenvalue weighted by molar-refractivity contribution is 0.278. The van der Waals surface area contributed by atoms with Crippen molar-refractivity contribution in [3.8, 4) is 0 Å². The number of hydrogen-bond donors (Lipinski definition) is 0. The maximum atomic E-state index is 5.73. The molecule has 0 aliphatic carbocycles. The van der Waals surface area contributed by atoms with Crippen molar-refractivity contribution in [1.29, 1.82) is 0 Å². The van der Waals surface area contributed by atoms with Crippen LogP contribution < -0.4 is 0 Å². The molecule has 0 aromatic carbocycles. The summed E-state index contributed by atoms with van der Waals surface area (Å²) >= 11 is 7.60. The number of fused-ring (bicyclic) bond motifs is 1. The van der Waals surface area contributed by atoms with E-state index in [2.05, 4.69) is 22.9 Å². The number of halogens is 1. The van der Waals surface area contributed by atoms with Crippen LogP contribution in [-0.2, 0) is 13.0 Å². The summed E-state index contributed by atoms with van der Waals surface area (Å²) in [5.74, 6) is 0.576. The first kappa shape index (κ1) is 10.2. The minimum Gasteiger partial charge on any atom is -0.295 e. The number of nitrogens with zero attached hydrogens (tertiary/aromatic N) is 1. The Morgan fingerprint density at radius 1 is 1.64 bits per heavy atom. The minimum atomic E-state index is 0.576. The molecule has 3 heteroatoms. The predicted molar refractivity (Wildman–Crippen MR) is 63.2 cm³/mol. The van der Waals surface area contributed by atoms with Gasteiger partial charge >= 0.3 is 0 Å². The Kier molecular flexibility index (Phi) is 3.26. The van der Waals surface area contributed by atoms with Crippen LogP contribution >= 0.6 is 22.9 Å².